The molecule has 1 aromatic rings. The molecule has 0 spiro atoms. The zero-order chi connectivity index (χ0) is 10.5. The smallest absolute Gasteiger partial charge is 0.0827 e. The van der Waals surface area contributed by atoms with Crippen molar-refractivity contribution < 1.29 is 0 Å². The van der Waals surface area contributed by atoms with Gasteiger partial charge >= 0.3 is 0 Å². The van der Waals surface area contributed by atoms with Crippen molar-refractivity contribution in [2.24, 2.45) is 4.99 Å². The van der Waals surface area contributed by atoms with E-state index in [0.717, 1.165) is 5.71 Å². The summed E-state index contributed by atoms with van der Waals surface area (Å²) >= 11 is 0. The highest BCUT2D eigenvalue weighted by Crippen LogP contribution is 2.03. The van der Waals surface area contributed by atoms with Crippen LogP contribution in [-0.4, -0.2) is 11.4 Å². The van der Waals surface area contributed by atoms with Crippen molar-refractivity contribution in [3.8, 4) is 0 Å². The quantitative estimate of drug-likeness (QED) is 0.706. The molecular formula is C13H12N2. The van der Waals surface area contributed by atoms with Gasteiger partial charge in [0.25, 0.3) is 0 Å². The summed E-state index contributed by atoms with van der Waals surface area (Å²) in [5.41, 5.74) is 2.40. The molecule has 0 atom stereocenters. The van der Waals surface area contributed by atoms with E-state index in [9.17, 15) is 0 Å². The third-order valence-corrected chi connectivity index (χ3v) is 2.18. The summed E-state index contributed by atoms with van der Waals surface area (Å²) in [6, 6.07) is 10.1. The molecule has 2 nitrogen and oxygen atoms in total. The van der Waals surface area contributed by atoms with Gasteiger partial charge in [-0.3, -0.25) is 10.4 Å². The molecule has 2 rings (SSSR count). The minimum Gasteiger partial charge on any atom is -0.299 e. The van der Waals surface area contributed by atoms with E-state index in [2.05, 4.69) is 4.99 Å². The van der Waals surface area contributed by atoms with E-state index in [1.807, 2.05) is 48.6 Å². The SMILES string of the molecule is N=C1C=CC=C/C1=N/Cc1ccccc1. The van der Waals surface area contributed by atoms with E-state index >= 15 is 0 Å². The fraction of sp³-hybridized carbons (Fsp3) is 0.0769. The van der Waals surface area contributed by atoms with Crippen LogP contribution in [0.3, 0.4) is 0 Å². The molecule has 0 heterocycles. The Morgan fingerprint density at radius 2 is 1.73 bits per heavy atom. The van der Waals surface area contributed by atoms with Crippen LogP contribution in [0, 0.1) is 5.41 Å². The summed E-state index contributed by atoms with van der Waals surface area (Å²) in [6.07, 6.45) is 7.38. The Balaban J connectivity index is 2.09. The molecule has 1 aliphatic rings. The summed E-state index contributed by atoms with van der Waals surface area (Å²) in [5.74, 6) is 0. The monoisotopic (exact) mass is 196 g/mol. The van der Waals surface area contributed by atoms with Gasteiger partial charge in [-0.15, -0.1) is 0 Å². The van der Waals surface area contributed by atoms with Crippen LogP contribution in [0.2, 0.25) is 0 Å². The number of hydrogen-bond acceptors (Lipinski definition) is 2. The number of rotatable bonds is 2. The van der Waals surface area contributed by atoms with Gasteiger partial charge < -0.3 is 0 Å². The van der Waals surface area contributed by atoms with Gasteiger partial charge in [-0.05, 0) is 17.7 Å². The molecule has 74 valence electrons. The first kappa shape index (κ1) is 9.59. The summed E-state index contributed by atoms with van der Waals surface area (Å²) in [7, 11) is 0. The number of aliphatic imine (C=N–C) groups is 1. The third-order valence-electron chi connectivity index (χ3n) is 2.18. The van der Waals surface area contributed by atoms with E-state index in [-0.39, 0.29) is 0 Å². The maximum Gasteiger partial charge on any atom is 0.0827 e. The van der Waals surface area contributed by atoms with E-state index in [1.165, 1.54) is 5.56 Å². The topological polar surface area (TPSA) is 36.2 Å². The van der Waals surface area contributed by atoms with Gasteiger partial charge in [-0.1, -0.05) is 42.5 Å². The predicted molar refractivity (Wildman–Crippen MR) is 63.6 cm³/mol. The normalized spacial score (nSPS) is 17.3. The maximum atomic E-state index is 7.64. The second-order valence-electron chi connectivity index (χ2n) is 3.32. The molecule has 2 heteroatoms. The number of benzene rings is 1. The molecule has 15 heavy (non-hydrogen) atoms. The van der Waals surface area contributed by atoms with E-state index < -0.39 is 0 Å². The largest absolute Gasteiger partial charge is 0.299 e. The van der Waals surface area contributed by atoms with Crippen molar-refractivity contribution in [2.75, 3.05) is 0 Å². The third kappa shape index (κ3) is 2.50. The first-order valence-electron chi connectivity index (χ1n) is 4.88. The Kier molecular flexibility index (Phi) is 2.88. The van der Waals surface area contributed by atoms with Crippen molar-refractivity contribution in [3.05, 3.63) is 60.2 Å². The van der Waals surface area contributed by atoms with Crippen LogP contribution in [0.5, 0.6) is 0 Å². The molecule has 0 aromatic heterocycles. The second kappa shape index (κ2) is 4.51. The molecule has 1 N–H and O–H groups in total. The summed E-state index contributed by atoms with van der Waals surface area (Å²) in [5, 5.41) is 7.64. The van der Waals surface area contributed by atoms with Crippen molar-refractivity contribution in [1.29, 1.82) is 5.41 Å². The molecule has 0 radical (unpaired) electrons. The second-order valence-corrected chi connectivity index (χ2v) is 3.32. The fourth-order valence-electron chi connectivity index (χ4n) is 1.37. The van der Waals surface area contributed by atoms with Gasteiger partial charge in [0.15, 0.2) is 0 Å². The fourth-order valence-corrected chi connectivity index (χ4v) is 1.37. The van der Waals surface area contributed by atoms with Crippen LogP contribution in [-0.2, 0) is 6.54 Å². The Morgan fingerprint density at radius 3 is 2.47 bits per heavy atom. The van der Waals surface area contributed by atoms with Gasteiger partial charge in [-0.25, -0.2) is 0 Å². The Morgan fingerprint density at radius 1 is 1.00 bits per heavy atom. The van der Waals surface area contributed by atoms with E-state index in [4.69, 9.17) is 5.41 Å². The Bertz CT molecular complexity index is 439. The summed E-state index contributed by atoms with van der Waals surface area (Å²) < 4.78 is 0. The first-order chi connectivity index (χ1) is 7.36. The lowest BCUT2D eigenvalue weighted by Crippen LogP contribution is -2.09. The molecule has 0 fully saturated rings. The van der Waals surface area contributed by atoms with Crippen LogP contribution in [0.25, 0.3) is 0 Å². The summed E-state index contributed by atoms with van der Waals surface area (Å²) in [6.45, 7) is 0.636. The molecule has 0 saturated heterocycles. The highest BCUT2D eigenvalue weighted by molar-refractivity contribution is 6.49. The minimum absolute atomic E-state index is 0.480. The molecule has 0 unspecified atom stereocenters. The zero-order valence-electron chi connectivity index (χ0n) is 8.35. The number of allylic oxidation sites excluding steroid dienone is 4. The average Bonchev–Trinajstić information content (AvgIpc) is 2.29. The Hall–Kier alpha value is -1.96. The molecule has 0 bridgehead atoms. The standard InChI is InChI=1S/C13H12N2/c14-12-8-4-5-9-13(12)15-10-11-6-2-1-3-7-11/h1-9,14H,10H2/b14-12?,15-13-. The van der Waals surface area contributed by atoms with Gasteiger partial charge in [0.2, 0.25) is 0 Å². The van der Waals surface area contributed by atoms with Crippen LogP contribution in [0.15, 0.2) is 59.6 Å². The van der Waals surface area contributed by atoms with Gasteiger partial charge in [0.1, 0.15) is 0 Å². The molecule has 0 amide bonds. The average molecular weight is 196 g/mol. The maximum absolute atomic E-state index is 7.64. The van der Waals surface area contributed by atoms with E-state index in [1.54, 1.807) is 6.08 Å². The number of nitrogens with one attached hydrogen (secondary N) is 1. The lowest BCUT2D eigenvalue weighted by atomic mass is 10.1. The van der Waals surface area contributed by atoms with Crippen molar-refractivity contribution in [1.82, 2.24) is 0 Å². The van der Waals surface area contributed by atoms with E-state index in [0.29, 0.717) is 12.3 Å². The van der Waals surface area contributed by atoms with Crippen molar-refractivity contribution >= 4 is 11.4 Å². The first-order valence-corrected chi connectivity index (χ1v) is 4.88. The highest BCUT2D eigenvalue weighted by atomic mass is 14.7. The molecule has 0 saturated carbocycles. The van der Waals surface area contributed by atoms with Crippen LogP contribution in [0.1, 0.15) is 5.56 Å². The lowest BCUT2D eigenvalue weighted by molar-refractivity contribution is 1.07. The molecule has 1 aliphatic carbocycles. The van der Waals surface area contributed by atoms with Crippen molar-refractivity contribution in [2.45, 2.75) is 6.54 Å². The van der Waals surface area contributed by atoms with Gasteiger partial charge in [0.05, 0.1) is 18.0 Å². The highest BCUT2D eigenvalue weighted by Gasteiger charge is 2.02. The zero-order valence-corrected chi connectivity index (χ0v) is 8.35. The molecule has 1 aromatic carbocycles. The number of nitrogens with zero attached hydrogens (tertiary/aromatic N) is 1. The Labute approximate surface area is 89.2 Å². The van der Waals surface area contributed by atoms with Gasteiger partial charge in [0, 0.05) is 0 Å². The van der Waals surface area contributed by atoms with Gasteiger partial charge in [-0.2, -0.15) is 0 Å². The minimum atomic E-state index is 0.480. The van der Waals surface area contributed by atoms with Crippen molar-refractivity contribution in [3.63, 3.8) is 0 Å². The number of hydrogen-bond donors (Lipinski definition) is 1. The van der Waals surface area contributed by atoms with Crippen LogP contribution >= 0.6 is 0 Å². The van der Waals surface area contributed by atoms with Crippen LogP contribution in [0.4, 0.5) is 0 Å². The molecule has 0 aliphatic heterocycles. The van der Waals surface area contributed by atoms with Crippen LogP contribution < -0.4 is 0 Å². The molecular weight excluding hydrogens is 184 g/mol. The lowest BCUT2D eigenvalue weighted by Gasteiger charge is -2.03. The summed E-state index contributed by atoms with van der Waals surface area (Å²) in [4.78, 5) is 4.39. The predicted octanol–water partition coefficient (Wildman–Crippen LogP) is 2.77.